The number of aliphatic hydroxyl groups is 1. The van der Waals surface area contributed by atoms with E-state index in [0.717, 1.165) is 17.3 Å². The van der Waals surface area contributed by atoms with Crippen molar-refractivity contribution in [3.05, 3.63) is 35.0 Å². The fourth-order valence-corrected chi connectivity index (χ4v) is 1.88. The molecule has 4 nitrogen and oxygen atoms in total. The second-order valence-electron chi connectivity index (χ2n) is 3.04. The molecule has 1 N–H and O–H groups in total. The van der Waals surface area contributed by atoms with Crippen molar-refractivity contribution in [1.29, 1.82) is 0 Å². The molecule has 2 rings (SSSR count). The summed E-state index contributed by atoms with van der Waals surface area (Å²) in [5, 5.41) is 9.17. The van der Waals surface area contributed by atoms with Crippen molar-refractivity contribution in [2.75, 3.05) is 6.61 Å². The van der Waals surface area contributed by atoms with E-state index in [0.29, 0.717) is 18.1 Å². The summed E-state index contributed by atoms with van der Waals surface area (Å²) in [5.41, 5.74) is 0.911. The molecular weight excluding hydrogens is 248 g/mol. The fraction of sp³-hybridized carbons (Fsp3) is 0.200. The minimum atomic E-state index is 0.0728. The summed E-state index contributed by atoms with van der Waals surface area (Å²) < 4.78 is 13.3. The minimum absolute atomic E-state index is 0.0728. The van der Waals surface area contributed by atoms with E-state index in [1.54, 1.807) is 6.07 Å². The number of aromatic nitrogens is 2. The minimum Gasteiger partial charge on any atom is -0.435 e. The van der Waals surface area contributed by atoms with Crippen molar-refractivity contribution in [3.8, 4) is 11.6 Å². The number of para-hydroxylation sites is 1. The van der Waals surface area contributed by atoms with Gasteiger partial charge >= 0.3 is 0 Å². The molecular formula is C10H9ClN2O2S. The lowest BCUT2D eigenvalue weighted by molar-refractivity contribution is 0.297. The molecule has 0 amide bonds. The Morgan fingerprint density at radius 3 is 2.81 bits per heavy atom. The predicted octanol–water partition coefficient (Wildman–Crippen LogP) is 2.52. The Kier molecular flexibility index (Phi) is 3.71. The van der Waals surface area contributed by atoms with Gasteiger partial charge in [-0.25, -0.2) is 0 Å². The van der Waals surface area contributed by atoms with Crippen LogP contribution in [0.3, 0.4) is 0 Å². The van der Waals surface area contributed by atoms with Crippen LogP contribution >= 0.6 is 23.3 Å². The van der Waals surface area contributed by atoms with Crippen LogP contribution < -0.4 is 4.74 Å². The Balaban J connectivity index is 2.24. The van der Waals surface area contributed by atoms with Gasteiger partial charge < -0.3 is 9.84 Å². The molecule has 16 heavy (non-hydrogen) atoms. The number of rotatable bonds is 4. The first kappa shape index (κ1) is 11.3. The number of nitrogens with zero attached hydrogens (tertiary/aromatic N) is 2. The summed E-state index contributed by atoms with van der Waals surface area (Å²) >= 11 is 6.78. The van der Waals surface area contributed by atoms with E-state index < -0.39 is 0 Å². The van der Waals surface area contributed by atoms with Gasteiger partial charge in [-0.2, -0.15) is 4.37 Å². The number of hydrogen-bond donors (Lipinski definition) is 1. The molecule has 0 fully saturated rings. The van der Waals surface area contributed by atoms with E-state index in [9.17, 15) is 0 Å². The molecule has 0 aliphatic heterocycles. The van der Waals surface area contributed by atoms with Crippen LogP contribution in [0.5, 0.6) is 11.6 Å². The van der Waals surface area contributed by atoms with Crippen LogP contribution in [-0.2, 0) is 6.42 Å². The molecule has 0 bridgehead atoms. The van der Waals surface area contributed by atoms with Crippen LogP contribution in [-0.4, -0.2) is 20.5 Å². The van der Waals surface area contributed by atoms with Crippen LogP contribution in [0.4, 0.5) is 0 Å². The molecule has 0 saturated carbocycles. The fourth-order valence-electron chi connectivity index (χ4n) is 1.27. The summed E-state index contributed by atoms with van der Waals surface area (Å²) in [6.07, 6.45) is 0.533. The number of halogens is 1. The summed E-state index contributed by atoms with van der Waals surface area (Å²) in [7, 11) is 0. The number of hydrogen-bond acceptors (Lipinski definition) is 5. The Morgan fingerprint density at radius 1 is 1.31 bits per heavy atom. The second-order valence-corrected chi connectivity index (χ2v) is 3.93. The molecule has 0 aliphatic carbocycles. The van der Waals surface area contributed by atoms with E-state index in [1.165, 1.54) is 0 Å². The lowest BCUT2D eigenvalue weighted by atomic mass is 10.1. The molecule has 0 atom stereocenters. The van der Waals surface area contributed by atoms with Crippen molar-refractivity contribution in [2.45, 2.75) is 6.42 Å². The highest BCUT2D eigenvalue weighted by Crippen LogP contribution is 2.29. The highest BCUT2D eigenvalue weighted by atomic mass is 35.5. The molecule has 0 unspecified atom stereocenters. The maximum atomic E-state index is 8.92. The zero-order valence-electron chi connectivity index (χ0n) is 8.26. The van der Waals surface area contributed by atoms with Gasteiger partial charge in [0, 0.05) is 6.61 Å². The van der Waals surface area contributed by atoms with E-state index in [2.05, 4.69) is 8.75 Å². The van der Waals surface area contributed by atoms with E-state index in [-0.39, 0.29) is 11.8 Å². The Labute approximate surface area is 102 Å². The summed E-state index contributed by atoms with van der Waals surface area (Å²) in [5.74, 6) is 0.947. The molecule has 0 radical (unpaired) electrons. The van der Waals surface area contributed by atoms with Crippen molar-refractivity contribution in [2.24, 2.45) is 0 Å². The summed E-state index contributed by atoms with van der Waals surface area (Å²) in [6.45, 7) is 0.0728. The molecule has 1 aromatic carbocycles. The van der Waals surface area contributed by atoms with Gasteiger partial charge in [-0.3, -0.25) is 0 Å². The maximum Gasteiger partial charge on any atom is 0.270 e. The van der Waals surface area contributed by atoms with E-state index in [4.69, 9.17) is 21.4 Å². The lowest BCUT2D eigenvalue weighted by Gasteiger charge is -2.07. The van der Waals surface area contributed by atoms with Crippen molar-refractivity contribution < 1.29 is 9.84 Å². The standard InChI is InChI=1S/C10H9ClN2O2S/c11-9-10(13-16-12-9)15-8-4-2-1-3-7(8)5-6-14/h1-4,14H,5-6H2. The molecule has 0 saturated heterocycles. The van der Waals surface area contributed by atoms with Crippen molar-refractivity contribution in [3.63, 3.8) is 0 Å². The van der Waals surface area contributed by atoms with Gasteiger partial charge in [0.1, 0.15) is 5.75 Å². The average molecular weight is 257 g/mol. The number of ether oxygens (including phenoxy) is 1. The predicted molar refractivity (Wildman–Crippen MR) is 62.2 cm³/mol. The molecule has 2 aromatic rings. The van der Waals surface area contributed by atoms with Crippen molar-refractivity contribution in [1.82, 2.24) is 8.75 Å². The van der Waals surface area contributed by atoms with Crippen LogP contribution in [0.1, 0.15) is 5.56 Å². The van der Waals surface area contributed by atoms with Crippen LogP contribution in [0.15, 0.2) is 24.3 Å². The van der Waals surface area contributed by atoms with Crippen LogP contribution in [0, 0.1) is 0 Å². The third-order valence-corrected chi connectivity index (χ3v) is 2.84. The van der Waals surface area contributed by atoms with Gasteiger partial charge in [-0.15, -0.1) is 4.37 Å². The van der Waals surface area contributed by atoms with E-state index >= 15 is 0 Å². The third kappa shape index (κ3) is 2.49. The topological polar surface area (TPSA) is 55.2 Å². The molecule has 1 aromatic heterocycles. The van der Waals surface area contributed by atoms with Gasteiger partial charge in [0.05, 0.1) is 11.7 Å². The van der Waals surface area contributed by atoms with Gasteiger partial charge in [0.15, 0.2) is 0 Å². The number of benzene rings is 1. The van der Waals surface area contributed by atoms with Crippen LogP contribution in [0.25, 0.3) is 0 Å². The average Bonchev–Trinajstić information content (AvgIpc) is 2.68. The van der Waals surface area contributed by atoms with E-state index in [1.807, 2.05) is 18.2 Å². The Morgan fingerprint density at radius 2 is 2.12 bits per heavy atom. The summed E-state index contributed by atoms with van der Waals surface area (Å²) in [4.78, 5) is 0. The lowest BCUT2D eigenvalue weighted by Crippen LogP contribution is -1.95. The molecule has 0 aliphatic rings. The molecule has 0 spiro atoms. The highest BCUT2D eigenvalue weighted by Gasteiger charge is 2.10. The smallest absolute Gasteiger partial charge is 0.270 e. The first-order chi connectivity index (χ1) is 7.81. The monoisotopic (exact) mass is 256 g/mol. The Hall–Kier alpha value is -1.17. The maximum absolute atomic E-state index is 8.92. The van der Waals surface area contributed by atoms with Crippen molar-refractivity contribution >= 4 is 23.3 Å². The first-order valence-corrected chi connectivity index (χ1v) is 5.76. The van der Waals surface area contributed by atoms with Gasteiger partial charge in [0.2, 0.25) is 5.15 Å². The van der Waals surface area contributed by atoms with Gasteiger partial charge in [0.25, 0.3) is 5.88 Å². The van der Waals surface area contributed by atoms with Gasteiger partial charge in [-0.05, 0) is 18.1 Å². The van der Waals surface area contributed by atoms with Gasteiger partial charge in [-0.1, -0.05) is 29.8 Å². The zero-order chi connectivity index (χ0) is 11.4. The Bertz CT molecular complexity index is 475. The second kappa shape index (κ2) is 5.25. The quantitative estimate of drug-likeness (QED) is 0.913. The SMILES string of the molecule is OCCc1ccccc1Oc1nsnc1Cl. The highest BCUT2D eigenvalue weighted by molar-refractivity contribution is 6.99. The zero-order valence-corrected chi connectivity index (χ0v) is 9.83. The largest absolute Gasteiger partial charge is 0.435 e. The third-order valence-electron chi connectivity index (χ3n) is 1.98. The molecule has 84 valence electrons. The van der Waals surface area contributed by atoms with Crippen LogP contribution in [0.2, 0.25) is 5.15 Å². The number of aliphatic hydroxyl groups excluding tert-OH is 1. The molecule has 1 heterocycles. The summed E-state index contributed by atoms with van der Waals surface area (Å²) in [6, 6.07) is 7.43. The molecule has 6 heteroatoms. The normalized spacial score (nSPS) is 10.4. The first-order valence-electron chi connectivity index (χ1n) is 4.66.